The second kappa shape index (κ2) is 6.31. The van der Waals surface area contributed by atoms with Crippen molar-refractivity contribution in [3.63, 3.8) is 0 Å². The highest BCUT2D eigenvalue weighted by molar-refractivity contribution is 7.98. The third kappa shape index (κ3) is 2.98. The number of rotatable bonds is 6. The standard InChI is InChI=1S/C15H20N2O2S/c1-10(2)14-16-12-9-11(15(18)19)5-6-13(12)17(14)7-4-8-20-3/h5-6,9-10H,4,7-8H2,1-3H3,(H,18,19). The van der Waals surface area contributed by atoms with E-state index < -0.39 is 5.97 Å². The number of carboxylic acid groups (broad SMARTS) is 1. The molecule has 1 N–H and O–H groups in total. The Labute approximate surface area is 123 Å². The van der Waals surface area contributed by atoms with Crippen LogP contribution in [0.1, 0.15) is 42.4 Å². The number of hydrogen-bond donors (Lipinski definition) is 1. The number of hydrogen-bond acceptors (Lipinski definition) is 3. The lowest BCUT2D eigenvalue weighted by molar-refractivity contribution is 0.0697. The van der Waals surface area contributed by atoms with Crippen molar-refractivity contribution in [1.29, 1.82) is 0 Å². The smallest absolute Gasteiger partial charge is 0.335 e. The molecule has 0 spiro atoms. The van der Waals surface area contributed by atoms with Gasteiger partial charge in [0.2, 0.25) is 0 Å². The van der Waals surface area contributed by atoms with Crippen LogP contribution < -0.4 is 0 Å². The van der Waals surface area contributed by atoms with Gasteiger partial charge in [0.1, 0.15) is 5.82 Å². The molecular weight excluding hydrogens is 272 g/mol. The highest BCUT2D eigenvalue weighted by atomic mass is 32.2. The summed E-state index contributed by atoms with van der Waals surface area (Å²) in [6.07, 6.45) is 3.20. The Hall–Kier alpha value is -1.49. The fourth-order valence-corrected chi connectivity index (χ4v) is 2.74. The van der Waals surface area contributed by atoms with Crippen molar-refractivity contribution in [2.24, 2.45) is 0 Å². The van der Waals surface area contributed by atoms with E-state index in [9.17, 15) is 4.79 Å². The van der Waals surface area contributed by atoms with Gasteiger partial charge in [0.15, 0.2) is 0 Å². The van der Waals surface area contributed by atoms with Gasteiger partial charge in [-0.1, -0.05) is 13.8 Å². The lowest BCUT2D eigenvalue weighted by Crippen LogP contribution is -2.06. The summed E-state index contributed by atoms with van der Waals surface area (Å²) in [6.45, 7) is 5.16. The number of benzene rings is 1. The van der Waals surface area contributed by atoms with Crippen LogP contribution in [0.25, 0.3) is 11.0 Å². The minimum atomic E-state index is -0.907. The Morgan fingerprint density at radius 2 is 2.20 bits per heavy atom. The number of thioether (sulfide) groups is 1. The quantitative estimate of drug-likeness (QED) is 0.826. The molecule has 1 aromatic carbocycles. The van der Waals surface area contributed by atoms with Crippen molar-refractivity contribution in [1.82, 2.24) is 9.55 Å². The van der Waals surface area contributed by atoms with E-state index in [1.807, 2.05) is 17.8 Å². The second-order valence-corrected chi connectivity index (χ2v) is 6.12. The molecule has 0 saturated heterocycles. The van der Waals surface area contributed by atoms with E-state index in [-0.39, 0.29) is 0 Å². The third-order valence-corrected chi connectivity index (χ3v) is 3.97. The summed E-state index contributed by atoms with van der Waals surface area (Å²) < 4.78 is 2.22. The highest BCUT2D eigenvalue weighted by Crippen LogP contribution is 2.23. The Morgan fingerprint density at radius 3 is 2.80 bits per heavy atom. The number of fused-ring (bicyclic) bond motifs is 1. The van der Waals surface area contributed by atoms with Gasteiger partial charge in [0.05, 0.1) is 16.6 Å². The molecule has 5 heteroatoms. The molecule has 0 atom stereocenters. The maximum absolute atomic E-state index is 11.0. The van der Waals surface area contributed by atoms with Crippen molar-refractivity contribution in [2.75, 3.05) is 12.0 Å². The monoisotopic (exact) mass is 292 g/mol. The van der Waals surface area contributed by atoms with Crippen molar-refractivity contribution >= 4 is 28.8 Å². The molecule has 20 heavy (non-hydrogen) atoms. The summed E-state index contributed by atoms with van der Waals surface area (Å²) in [5, 5.41) is 9.07. The van der Waals surface area contributed by atoms with E-state index >= 15 is 0 Å². The van der Waals surface area contributed by atoms with Gasteiger partial charge in [-0.05, 0) is 36.6 Å². The molecule has 0 aliphatic heterocycles. The van der Waals surface area contributed by atoms with Crippen molar-refractivity contribution in [3.8, 4) is 0 Å². The predicted molar refractivity (Wildman–Crippen MR) is 83.8 cm³/mol. The van der Waals surface area contributed by atoms with Crippen LogP contribution in [0.4, 0.5) is 0 Å². The van der Waals surface area contributed by atoms with Gasteiger partial charge in [0.25, 0.3) is 0 Å². The molecule has 0 fully saturated rings. The molecular formula is C15H20N2O2S. The van der Waals surface area contributed by atoms with Crippen LogP contribution in [0.3, 0.4) is 0 Å². The average Bonchev–Trinajstić information content (AvgIpc) is 2.77. The summed E-state index contributed by atoms with van der Waals surface area (Å²) >= 11 is 1.84. The molecule has 0 aliphatic carbocycles. The molecule has 0 radical (unpaired) electrons. The Balaban J connectivity index is 2.46. The summed E-state index contributed by atoms with van der Waals surface area (Å²) in [7, 11) is 0. The topological polar surface area (TPSA) is 55.1 Å². The average molecular weight is 292 g/mol. The van der Waals surface area contributed by atoms with E-state index in [2.05, 4.69) is 29.7 Å². The van der Waals surface area contributed by atoms with Crippen molar-refractivity contribution in [3.05, 3.63) is 29.6 Å². The summed E-state index contributed by atoms with van der Waals surface area (Å²) in [5.74, 6) is 1.56. The second-order valence-electron chi connectivity index (χ2n) is 5.13. The first kappa shape index (κ1) is 14.9. The van der Waals surface area contributed by atoms with Crippen LogP contribution in [-0.4, -0.2) is 32.6 Å². The Kier molecular flexibility index (Phi) is 4.70. The number of imidazole rings is 1. The first-order chi connectivity index (χ1) is 9.54. The number of carbonyl (C=O) groups is 1. The van der Waals surface area contributed by atoms with E-state index in [4.69, 9.17) is 5.11 Å². The zero-order valence-corrected chi connectivity index (χ0v) is 12.9. The maximum Gasteiger partial charge on any atom is 0.335 e. The number of aromatic nitrogens is 2. The van der Waals surface area contributed by atoms with Crippen LogP contribution in [0.5, 0.6) is 0 Å². The molecule has 2 aromatic rings. The highest BCUT2D eigenvalue weighted by Gasteiger charge is 2.15. The van der Waals surface area contributed by atoms with Crippen LogP contribution in [-0.2, 0) is 6.54 Å². The van der Waals surface area contributed by atoms with Gasteiger partial charge in [-0.3, -0.25) is 0 Å². The molecule has 0 amide bonds. The minimum absolute atomic E-state index is 0.293. The maximum atomic E-state index is 11.0. The predicted octanol–water partition coefficient (Wildman–Crippen LogP) is 3.61. The normalized spacial score (nSPS) is 11.4. The van der Waals surface area contributed by atoms with Gasteiger partial charge in [0, 0.05) is 12.5 Å². The SMILES string of the molecule is CSCCCn1c(C(C)C)nc2cc(C(=O)O)ccc21. The summed E-state index contributed by atoms with van der Waals surface area (Å²) in [6, 6.07) is 5.19. The molecule has 108 valence electrons. The molecule has 0 unspecified atom stereocenters. The molecule has 1 aromatic heterocycles. The number of aromatic carboxylic acids is 1. The lowest BCUT2D eigenvalue weighted by atomic mass is 10.2. The molecule has 1 heterocycles. The molecule has 2 rings (SSSR count). The Bertz CT molecular complexity index is 620. The van der Waals surface area contributed by atoms with Gasteiger partial charge in [-0.25, -0.2) is 9.78 Å². The number of nitrogens with zero attached hydrogens (tertiary/aromatic N) is 2. The molecule has 0 bridgehead atoms. The third-order valence-electron chi connectivity index (χ3n) is 3.27. The zero-order chi connectivity index (χ0) is 14.7. The van der Waals surface area contributed by atoms with Crippen LogP contribution in [0.15, 0.2) is 18.2 Å². The van der Waals surface area contributed by atoms with Gasteiger partial charge in [-0.2, -0.15) is 11.8 Å². The van der Waals surface area contributed by atoms with Crippen LogP contribution >= 0.6 is 11.8 Å². The number of aryl methyl sites for hydroxylation is 1. The van der Waals surface area contributed by atoms with Crippen LogP contribution in [0.2, 0.25) is 0 Å². The van der Waals surface area contributed by atoms with Gasteiger partial charge in [-0.15, -0.1) is 0 Å². The molecule has 0 aliphatic rings. The van der Waals surface area contributed by atoms with E-state index in [0.29, 0.717) is 11.5 Å². The molecule has 0 saturated carbocycles. The zero-order valence-electron chi connectivity index (χ0n) is 12.1. The van der Waals surface area contributed by atoms with Gasteiger partial charge < -0.3 is 9.67 Å². The fourth-order valence-electron chi connectivity index (χ4n) is 2.32. The summed E-state index contributed by atoms with van der Waals surface area (Å²) in [5.41, 5.74) is 2.10. The van der Waals surface area contributed by atoms with Crippen molar-refractivity contribution in [2.45, 2.75) is 32.7 Å². The minimum Gasteiger partial charge on any atom is -0.478 e. The fraction of sp³-hybridized carbons (Fsp3) is 0.467. The first-order valence-electron chi connectivity index (χ1n) is 6.77. The van der Waals surface area contributed by atoms with E-state index in [1.165, 1.54) is 0 Å². The van der Waals surface area contributed by atoms with E-state index in [1.54, 1.807) is 12.1 Å². The number of carboxylic acids is 1. The van der Waals surface area contributed by atoms with Gasteiger partial charge >= 0.3 is 5.97 Å². The van der Waals surface area contributed by atoms with E-state index in [0.717, 1.165) is 35.6 Å². The lowest BCUT2D eigenvalue weighted by Gasteiger charge is -2.11. The Morgan fingerprint density at radius 1 is 1.45 bits per heavy atom. The molecule has 4 nitrogen and oxygen atoms in total. The largest absolute Gasteiger partial charge is 0.478 e. The summed E-state index contributed by atoms with van der Waals surface area (Å²) in [4.78, 5) is 15.7. The first-order valence-corrected chi connectivity index (χ1v) is 8.16. The van der Waals surface area contributed by atoms with Crippen molar-refractivity contribution < 1.29 is 9.90 Å². The van der Waals surface area contributed by atoms with Crippen LogP contribution in [0, 0.1) is 0 Å².